The fraction of sp³-hybridized carbons (Fsp3) is 0.500. The third-order valence-corrected chi connectivity index (χ3v) is 4.61. The number of benzene rings is 1. The first-order valence-electron chi connectivity index (χ1n) is 5.58. The third-order valence-electron chi connectivity index (χ3n) is 2.53. The summed E-state index contributed by atoms with van der Waals surface area (Å²) in [6.45, 7) is 7.50. The summed E-state index contributed by atoms with van der Waals surface area (Å²) in [5.41, 5.74) is 0.461. The molecule has 0 amide bonds. The summed E-state index contributed by atoms with van der Waals surface area (Å²) >= 11 is 0. The molecule has 0 heterocycles. The Labute approximate surface area is 123 Å². The molecule has 0 radical (unpaired) electrons. The maximum Gasteiger partial charge on any atom is 0.148 e. The van der Waals surface area contributed by atoms with Crippen LogP contribution in [0.3, 0.4) is 0 Å². The second kappa shape index (κ2) is 7.38. The molecule has 0 aliphatic heterocycles. The number of hydrogen-bond donors (Lipinski definition) is 0. The van der Waals surface area contributed by atoms with E-state index < -0.39 is 19.9 Å². The standard InChI is InChI=1S/C12H19F2NOSi.Ti/c1-16-8-7-15(17(2,3)4)12-6-5-10(13)9-11(12)14;/h5-6,9H,7-8H2,1-4H3;. The smallest absolute Gasteiger partial charge is 0.148 e. The van der Waals surface area contributed by atoms with Crippen LogP contribution in [0.25, 0.3) is 0 Å². The Hall–Kier alpha value is -0.229. The summed E-state index contributed by atoms with van der Waals surface area (Å²) in [4.78, 5) is 0. The van der Waals surface area contributed by atoms with Gasteiger partial charge in [0.1, 0.15) is 19.9 Å². The molecule has 0 saturated carbocycles. The van der Waals surface area contributed by atoms with Crippen molar-refractivity contribution in [2.24, 2.45) is 0 Å². The van der Waals surface area contributed by atoms with Crippen molar-refractivity contribution < 1.29 is 35.2 Å². The van der Waals surface area contributed by atoms with Gasteiger partial charge in [0.05, 0.1) is 12.3 Å². The van der Waals surface area contributed by atoms with Gasteiger partial charge in [-0.1, -0.05) is 19.6 Å². The number of ether oxygens (including phenoxy) is 1. The van der Waals surface area contributed by atoms with Gasteiger partial charge in [-0.3, -0.25) is 0 Å². The number of nitrogens with zero attached hydrogens (tertiary/aromatic N) is 1. The van der Waals surface area contributed by atoms with Crippen LogP contribution in [0.4, 0.5) is 14.5 Å². The zero-order chi connectivity index (χ0) is 13.1. The van der Waals surface area contributed by atoms with Crippen LogP contribution in [0, 0.1) is 11.6 Å². The summed E-state index contributed by atoms with van der Waals surface area (Å²) in [6, 6.07) is 3.71. The van der Waals surface area contributed by atoms with Gasteiger partial charge in [0, 0.05) is 41.4 Å². The average Bonchev–Trinajstić information content (AvgIpc) is 2.19. The summed E-state index contributed by atoms with van der Waals surface area (Å²) in [5, 5.41) is 0. The van der Waals surface area contributed by atoms with Gasteiger partial charge < -0.3 is 9.30 Å². The van der Waals surface area contributed by atoms with Crippen LogP contribution in [0.1, 0.15) is 0 Å². The van der Waals surface area contributed by atoms with Crippen LogP contribution >= 0.6 is 0 Å². The molecule has 0 unspecified atom stereocenters. The van der Waals surface area contributed by atoms with E-state index in [1.54, 1.807) is 7.11 Å². The molecule has 0 aliphatic carbocycles. The number of rotatable bonds is 5. The average molecular weight is 307 g/mol. The normalized spacial score (nSPS) is 11.0. The largest absolute Gasteiger partial charge is 0.393 e. The number of anilines is 1. The number of methoxy groups -OCH3 is 1. The van der Waals surface area contributed by atoms with E-state index in [0.29, 0.717) is 18.8 Å². The van der Waals surface area contributed by atoms with Crippen LogP contribution in [-0.4, -0.2) is 28.5 Å². The number of hydrogen-bond acceptors (Lipinski definition) is 2. The van der Waals surface area contributed by atoms with E-state index in [9.17, 15) is 8.78 Å². The Morgan fingerprint density at radius 1 is 1.22 bits per heavy atom. The van der Waals surface area contributed by atoms with Crippen LogP contribution in [0.15, 0.2) is 18.2 Å². The molecule has 0 saturated heterocycles. The molecule has 6 heteroatoms. The topological polar surface area (TPSA) is 12.5 Å². The maximum absolute atomic E-state index is 13.8. The molecule has 0 spiro atoms. The fourth-order valence-electron chi connectivity index (χ4n) is 1.70. The minimum absolute atomic E-state index is 0. The van der Waals surface area contributed by atoms with E-state index in [-0.39, 0.29) is 21.7 Å². The molecule has 0 aromatic heterocycles. The molecule has 2 nitrogen and oxygen atoms in total. The molecule has 18 heavy (non-hydrogen) atoms. The molecule has 0 N–H and O–H groups in total. The molecule has 0 atom stereocenters. The Morgan fingerprint density at radius 2 is 1.83 bits per heavy atom. The predicted molar refractivity (Wildman–Crippen MR) is 68.9 cm³/mol. The second-order valence-corrected chi connectivity index (χ2v) is 9.79. The van der Waals surface area contributed by atoms with Crippen LogP contribution in [-0.2, 0) is 26.5 Å². The van der Waals surface area contributed by atoms with Crippen molar-refractivity contribution in [1.82, 2.24) is 0 Å². The van der Waals surface area contributed by atoms with Gasteiger partial charge in [0.25, 0.3) is 0 Å². The molecule has 0 aliphatic rings. The first-order chi connectivity index (χ1) is 7.86. The van der Waals surface area contributed by atoms with E-state index in [1.807, 2.05) is 4.57 Å². The van der Waals surface area contributed by atoms with Crippen molar-refractivity contribution in [2.45, 2.75) is 19.6 Å². The molecule has 0 fully saturated rings. The first-order valence-corrected chi connectivity index (χ1v) is 9.02. The zero-order valence-corrected chi connectivity index (χ0v) is 13.8. The summed E-state index contributed by atoms with van der Waals surface area (Å²) in [6.07, 6.45) is 0. The molecule has 1 aromatic carbocycles. The summed E-state index contributed by atoms with van der Waals surface area (Å²) < 4.78 is 33.7. The molecular weight excluding hydrogens is 288 g/mol. The number of halogens is 2. The van der Waals surface area contributed by atoms with Gasteiger partial charge in [-0.2, -0.15) is 0 Å². The minimum atomic E-state index is -1.72. The van der Waals surface area contributed by atoms with E-state index in [4.69, 9.17) is 4.74 Å². The van der Waals surface area contributed by atoms with E-state index in [2.05, 4.69) is 19.6 Å². The quantitative estimate of drug-likeness (QED) is 0.774. The van der Waals surface area contributed by atoms with Gasteiger partial charge in [-0.15, -0.1) is 0 Å². The SMILES string of the molecule is COCCN(c1ccc(F)cc1F)[Si](C)(C)C.[Ti]. The summed E-state index contributed by atoms with van der Waals surface area (Å²) in [7, 11) is -0.108. The van der Waals surface area contributed by atoms with E-state index in [0.717, 1.165) is 6.07 Å². The molecule has 0 bridgehead atoms. The van der Waals surface area contributed by atoms with Crippen molar-refractivity contribution in [3.8, 4) is 0 Å². The van der Waals surface area contributed by atoms with Crippen LogP contribution in [0.2, 0.25) is 19.6 Å². The molecule has 100 valence electrons. The Bertz CT molecular complexity index is 385. The van der Waals surface area contributed by atoms with Gasteiger partial charge in [-0.05, 0) is 12.1 Å². The Balaban J connectivity index is 0.00000289. The third kappa shape index (κ3) is 4.80. The van der Waals surface area contributed by atoms with Gasteiger partial charge in [0.2, 0.25) is 0 Å². The second-order valence-electron chi connectivity index (χ2n) is 4.91. The van der Waals surface area contributed by atoms with Gasteiger partial charge >= 0.3 is 0 Å². The van der Waals surface area contributed by atoms with E-state index in [1.165, 1.54) is 12.1 Å². The Kier molecular flexibility index (Phi) is 7.29. The van der Waals surface area contributed by atoms with Crippen molar-refractivity contribution in [1.29, 1.82) is 0 Å². The van der Waals surface area contributed by atoms with Crippen LogP contribution in [0.5, 0.6) is 0 Å². The van der Waals surface area contributed by atoms with Crippen molar-refractivity contribution in [3.05, 3.63) is 29.8 Å². The van der Waals surface area contributed by atoms with Crippen molar-refractivity contribution >= 4 is 13.9 Å². The predicted octanol–water partition coefficient (Wildman–Crippen LogP) is 3.25. The van der Waals surface area contributed by atoms with Gasteiger partial charge in [0.15, 0.2) is 0 Å². The fourth-order valence-corrected chi connectivity index (χ4v) is 3.37. The minimum Gasteiger partial charge on any atom is -0.393 e. The van der Waals surface area contributed by atoms with Crippen molar-refractivity contribution in [3.63, 3.8) is 0 Å². The maximum atomic E-state index is 13.8. The van der Waals surface area contributed by atoms with Crippen molar-refractivity contribution in [2.75, 3.05) is 24.8 Å². The Morgan fingerprint density at radius 3 is 2.28 bits per heavy atom. The summed E-state index contributed by atoms with van der Waals surface area (Å²) in [5.74, 6) is -1.06. The monoisotopic (exact) mass is 307 g/mol. The molecule has 1 rings (SSSR count). The van der Waals surface area contributed by atoms with Gasteiger partial charge in [-0.25, -0.2) is 8.78 Å². The molecular formula is C12H19F2NOSiTi. The first kappa shape index (κ1) is 17.8. The molecule has 1 aromatic rings. The van der Waals surface area contributed by atoms with E-state index >= 15 is 0 Å². The van der Waals surface area contributed by atoms with Crippen LogP contribution < -0.4 is 4.57 Å². The zero-order valence-electron chi connectivity index (χ0n) is 11.3.